The fraction of sp³-hybridized carbons (Fsp3) is 1.00. The summed E-state index contributed by atoms with van der Waals surface area (Å²) < 4.78 is 0. The molecule has 0 aliphatic heterocycles. The Morgan fingerprint density at radius 3 is 2.14 bits per heavy atom. The largest absolute Gasteiger partial charge is 0.147 e. The number of hydrogen-bond donors (Lipinski definition) is 0. The summed E-state index contributed by atoms with van der Waals surface area (Å²) in [6.45, 7) is 1.95. The van der Waals surface area contributed by atoms with E-state index in [1.165, 1.54) is 0 Å². The van der Waals surface area contributed by atoms with Gasteiger partial charge in [-0.1, -0.05) is 8.58 Å². The van der Waals surface area contributed by atoms with Crippen molar-refractivity contribution in [1.29, 1.82) is 0 Å². The Hall–Kier alpha value is 1.30. The van der Waals surface area contributed by atoms with Crippen LogP contribution >= 0.6 is 44.2 Å². The van der Waals surface area contributed by atoms with E-state index in [1.807, 2.05) is 6.92 Å². The summed E-state index contributed by atoms with van der Waals surface area (Å²) >= 11 is 10.8. The smallest absolute Gasteiger partial charge is 0.0488 e. The van der Waals surface area contributed by atoms with E-state index in [0.29, 0.717) is 14.2 Å². The van der Waals surface area contributed by atoms with Crippen LogP contribution in [0.2, 0.25) is 0 Å². The van der Waals surface area contributed by atoms with Gasteiger partial charge in [0.25, 0.3) is 0 Å². The average molecular weight is 181 g/mol. The summed E-state index contributed by atoms with van der Waals surface area (Å²) in [5.41, 5.74) is 0.699. The van der Waals surface area contributed by atoms with E-state index in [9.17, 15) is 0 Å². The molecule has 0 amide bonds. The summed E-state index contributed by atoms with van der Waals surface area (Å²) in [7, 11) is 0.702. The predicted octanol–water partition coefficient (Wildman–Crippen LogP) is 2.87. The predicted molar refractivity (Wildman–Crippen MR) is 41.6 cm³/mol. The first kappa shape index (κ1) is 11.1. The molecule has 4 heteroatoms. The molecule has 0 N–H and O–H groups in total. The summed E-state index contributed by atoms with van der Waals surface area (Å²) in [6.07, 6.45) is 0. The Morgan fingerprint density at radius 2 is 2.14 bits per heavy atom. The maximum absolute atomic E-state index is 5.51. The molecular formula is C3H8Cl3P. The summed E-state index contributed by atoms with van der Waals surface area (Å²) in [4.78, 5) is 0. The highest BCUT2D eigenvalue weighted by Crippen LogP contribution is 2.21. The van der Waals surface area contributed by atoms with E-state index in [4.69, 9.17) is 23.2 Å². The van der Waals surface area contributed by atoms with Gasteiger partial charge in [0.1, 0.15) is 0 Å². The lowest BCUT2D eigenvalue weighted by atomic mass is 11.0. The molecule has 0 spiro atoms. The van der Waals surface area contributed by atoms with Crippen molar-refractivity contribution >= 4 is 44.2 Å². The van der Waals surface area contributed by atoms with Crippen LogP contribution in [0.25, 0.3) is 0 Å². The maximum atomic E-state index is 5.51. The van der Waals surface area contributed by atoms with Crippen molar-refractivity contribution in [2.24, 2.45) is 0 Å². The van der Waals surface area contributed by atoms with Gasteiger partial charge in [-0.25, -0.2) is 0 Å². The fourth-order valence-corrected chi connectivity index (χ4v) is 1.48. The molecule has 0 aromatic heterocycles. The van der Waals surface area contributed by atoms with Crippen molar-refractivity contribution in [3.63, 3.8) is 0 Å². The van der Waals surface area contributed by atoms with E-state index in [2.05, 4.69) is 0 Å². The third kappa shape index (κ3) is 11.1. The van der Waals surface area contributed by atoms with Crippen LogP contribution < -0.4 is 0 Å². The number of hydrogen-bond acceptors (Lipinski definition) is 0. The first-order valence-electron chi connectivity index (χ1n) is 1.71. The van der Waals surface area contributed by atoms with Gasteiger partial charge in [0.15, 0.2) is 0 Å². The Balaban J connectivity index is 0. The van der Waals surface area contributed by atoms with Crippen LogP contribution in [0.15, 0.2) is 0 Å². The lowest BCUT2D eigenvalue weighted by Crippen LogP contribution is -1.74. The third-order valence-electron chi connectivity index (χ3n) is 0.358. The highest BCUT2D eigenvalue weighted by atomic mass is 35.5. The van der Waals surface area contributed by atoms with Gasteiger partial charge in [-0.15, -0.1) is 35.6 Å². The highest BCUT2D eigenvalue weighted by molar-refractivity contribution is 7.43. The topological polar surface area (TPSA) is 0 Å². The van der Waals surface area contributed by atoms with Gasteiger partial charge in [0, 0.05) is 10.7 Å². The lowest BCUT2D eigenvalue weighted by Gasteiger charge is -1.92. The first-order chi connectivity index (χ1) is 2.77. The zero-order chi connectivity index (χ0) is 4.99. The summed E-state index contributed by atoms with van der Waals surface area (Å²) in [5.74, 6) is 0. The van der Waals surface area contributed by atoms with Gasteiger partial charge in [0.2, 0.25) is 0 Å². The molecule has 0 aliphatic rings. The van der Waals surface area contributed by atoms with Crippen LogP contribution in [-0.2, 0) is 0 Å². The summed E-state index contributed by atoms with van der Waals surface area (Å²) in [5, 5.41) is 0.266. The first-order valence-corrected chi connectivity index (χ1v) is 3.96. The molecule has 2 atom stereocenters. The van der Waals surface area contributed by atoms with E-state index >= 15 is 0 Å². The Morgan fingerprint density at radius 1 is 1.71 bits per heavy atom. The van der Waals surface area contributed by atoms with Crippen molar-refractivity contribution in [3.8, 4) is 0 Å². The minimum atomic E-state index is 0. The van der Waals surface area contributed by atoms with Crippen LogP contribution in [0, 0.1) is 0 Å². The van der Waals surface area contributed by atoms with Crippen molar-refractivity contribution in [3.05, 3.63) is 0 Å². The van der Waals surface area contributed by atoms with E-state index < -0.39 is 0 Å². The molecule has 0 radical (unpaired) electrons. The van der Waals surface area contributed by atoms with Crippen molar-refractivity contribution in [2.45, 2.75) is 12.0 Å². The van der Waals surface area contributed by atoms with Crippen LogP contribution in [0.1, 0.15) is 6.92 Å². The average Bonchev–Trinajstić information content (AvgIpc) is 1.35. The highest BCUT2D eigenvalue weighted by Gasteiger charge is 1.89. The van der Waals surface area contributed by atoms with E-state index in [-0.39, 0.29) is 17.5 Å². The van der Waals surface area contributed by atoms with Gasteiger partial charge in [0.05, 0.1) is 0 Å². The molecule has 0 heterocycles. The SMILES string of the molecule is CC(Cl)PCCl.Cl. The van der Waals surface area contributed by atoms with Gasteiger partial charge < -0.3 is 0 Å². The molecule has 0 saturated heterocycles. The number of rotatable bonds is 2. The molecule has 46 valence electrons. The Labute approximate surface area is 62.1 Å². The molecule has 0 aromatic rings. The molecule has 0 fully saturated rings. The van der Waals surface area contributed by atoms with Crippen LogP contribution in [-0.4, -0.2) is 10.7 Å². The molecule has 0 nitrogen and oxygen atoms in total. The van der Waals surface area contributed by atoms with E-state index in [1.54, 1.807) is 0 Å². The second-order valence-corrected chi connectivity index (χ2v) is 4.32. The molecular weight excluding hydrogens is 173 g/mol. The lowest BCUT2D eigenvalue weighted by molar-refractivity contribution is 1.39. The summed E-state index contributed by atoms with van der Waals surface area (Å²) in [6, 6.07) is 0. The maximum Gasteiger partial charge on any atom is 0.0488 e. The van der Waals surface area contributed by atoms with E-state index in [0.717, 1.165) is 0 Å². The molecule has 0 aliphatic carbocycles. The van der Waals surface area contributed by atoms with Crippen molar-refractivity contribution in [1.82, 2.24) is 0 Å². The quantitative estimate of drug-likeness (QED) is 0.454. The molecule has 0 rings (SSSR count). The third-order valence-corrected chi connectivity index (χ3v) is 2.00. The zero-order valence-corrected chi connectivity index (χ0v) is 7.28. The molecule has 2 unspecified atom stereocenters. The van der Waals surface area contributed by atoms with Gasteiger partial charge in [-0.3, -0.25) is 0 Å². The second kappa shape index (κ2) is 7.30. The molecule has 7 heavy (non-hydrogen) atoms. The normalized spacial score (nSPS) is 14.1. The minimum absolute atomic E-state index is 0. The van der Waals surface area contributed by atoms with Crippen LogP contribution in [0.4, 0.5) is 0 Å². The Kier molecular flexibility index (Phi) is 11.6. The van der Waals surface area contributed by atoms with Crippen LogP contribution in [0.5, 0.6) is 0 Å². The second-order valence-electron chi connectivity index (χ2n) is 0.954. The van der Waals surface area contributed by atoms with Crippen molar-refractivity contribution in [2.75, 3.05) is 5.62 Å². The minimum Gasteiger partial charge on any atom is -0.147 e. The standard InChI is InChI=1S/C3H7Cl2P.ClH/c1-3(5)6-2-4;/h3,6H,2H2,1H3;1H. The van der Waals surface area contributed by atoms with Gasteiger partial charge >= 0.3 is 0 Å². The van der Waals surface area contributed by atoms with Crippen LogP contribution in [0.3, 0.4) is 0 Å². The Bertz CT molecular complexity index is 31.4. The number of alkyl halides is 2. The molecule has 0 aromatic carbocycles. The molecule has 0 saturated carbocycles. The zero-order valence-electron chi connectivity index (χ0n) is 3.95. The fourth-order valence-electron chi connectivity index (χ4n) is 0.106. The van der Waals surface area contributed by atoms with Gasteiger partial charge in [-0.2, -0.15) is 0 Å². The molecule has 0 bridgehead atoms. The number of halogens is 3. The van der Waals surface area contributed by atoms with Gasteiger partial charge in [-0.05, 0) is 6.92 Å². The van der Waals surface area contributed by atoms with Crippen molar-refractivity contribution < 1.29 is 0 Å². The monoisotopic (exact) mass is 180 g/mol.